The van der Waals surface area contributed by atoms with Gasteiger partial charge in [-0.05, 0) is 135 Å². The fourth-order valence-electron chi connectivity index (χ4n) is 11.0. The Morgan fingerprint density at radius 3 is 1.57 bits per heavy atom. The third-order valence-electron chi connectivity index (χ3n) is 14.3. The maximum absolute atomic E-state index is 4.35. The van der Waals surface area contributed by atoms with E-state index < -0.39 is 0 Å². The van der Waals surface area contributed by atoms with Crippen molar-refractivity contribution in [1.82, 2.24) is 4.57 Å². The third kappa shape index (κ3) is 7.46. The van der Waals surface area contributed by atoms with E-state index >= 15 is 0 Å². The Labute approximate surface area is 413 Å². The molecular weight excluding hydrogens is 855 g/mol. The predicted molar refractivity (Wildman–Crippen MR) is 302 cm³/mol. The molecule has 0 radical (unpaired) electrons. The minimum atomic E-state index is -0.299. The lowest BCUT2D eigenvalue weighted by Gasteiger charge is -2.42. The first-order chi connectivity index (χ1) is 33.7. The van der Waals surface area contributed by atoms with E-state index in [4.69, 9.17) is 0 Å². The molecule has 2 aliphatic rings. The van der Waals surface area contributed by atoms with Gasteiger partial charge in [-0.25, -0.2) is 0 Å². The van der Waals surface area contributed by atoms with Crippen LogP contribution in [0.5, 0.6) is 0 Å². The Balaban J connectivity index is 0.00000135. The molecule has 0 fully saturated rings. The highest BCUT2D eigenvalue weighted by atomic mass is 32.1. The highest BCUT2D eigenvalue weighted by molar-refractivity contribution is 7.79. The number of anilines is 5. The smallest absolute Gasteiger partial charge is 0.0603 e. The number of nitrogens with zero attached hydrogens (tertiary/aromatic N) is 2. The van der Waals surface area contributed by atoms with Crippen LogP contribution >= 0.6 is 12.6 Å². The highest BCUT2D eigenvalue weighted by Gasteiger charge is 2.39. The largest absolute Gasteiger partial charge is 0.354 e. The number of benzene rings is 9. The zero-order chi connectivity index (χ0) is 48.0. The molecule has 0 atom stereocenters. The molecule has 12 rings (SSSR count). The van der Waals surface area contributed by atoms with Crippen molar-refractivity contribution in [2.75, 3.05) is 16.5 Å². The average molecular weight is 914 g/mol. The fraction of sp³-hybridized carbons (Fsp3) is 0.138. The van der Waals surface area contributed by atoms with Gasteiger partial charge in [0.05, 0.1) is 28.1 Å². The van der Waals surface area contributed by atoms with Gasteiger partial charge in [-0.15, -0.1) is 0 Å². The Kier molecular flexibility index (Phi) is 11.9. The molecule has 3 nitrogen and oxygen atoms in total. The highest BCUT2D eigenvalue weighted by Crippen LogP contribution is 2.55. The number of aromatic nitrogens is 1. The Hall–Kier alpha value is -7.53. The molecule has 2 aliphatic heterocycles. The summed E-state index contributed by atoms with van der Waals surface area (Å²) in [5.41, 5.74) is 22.3. The molecule has 1 aromatic heterocycles. The minimum absolute atomic E-state index is 0.285. The van der Waals surface area contributed by atoms with Gasteiger partial charge in [-0.3, -0.25) is 0 Å². The first-order valence-corrected chi connectivity index (χ1v) is 25.1. The average Bonchev–Trinajstić information content (AvgIpc) is 3.73. The molecule has 0 bridgehead atoms. The minimum Gasteiger partial charge on any atom is -0.354 e. The molecule has 3 heterocycles. The Bertz CT molecular complexity index is 3510. The lowest BCUT2D eigenvalue weighted by molar-refractivity contribution is 0.632. The van der Waals surface area contributed by atoms with E-state index in [1.54, 1.807) is 6.26 Å². The predicted octanol–water partition coefficient (Wildman–Crippen LogP) is 18.5. The van der Waals surface area contributed by atoms with E-state index in [1.165, 1.54) is 88.8 Å². The molecule has 0 saturated heterocycles. The maximum atomic E-state index is 4.35. The van der Waals surface area contributed by atoms with Crippen LogP contribution in [0.3, 0.4) is 0 Å². The van der Waals surface area contributed by atoms with Crippen molar-refractivity contribution in [1.29, 1.82) is 0 Å². The van der Waals surface area contributed by atoms with E-state index in [1.807, 2.05) is 19.9 Å². The monoisotopic (exact) mass is 913 g/mol. The van der Waals surface area contributed by atoms with Crippen LogP contribution in [0.25, 0.3) is 66.9 Å². The summed E-state index contributed by atoms with van der Waals surface area (Å²) in [5, 5.41) is 6.30. The van der Waals surface area contributed by atoms with E-state index in [0.717, 1.165) is 28.3 Å². The molecule has 0 unspecified atom stereocenters. The van der Waals surface area contributed by atoms with Gasteiger partial charge in [0.2, 0.25) is 0 Å². The second-order valence-corrected chi connectivity index (χ2v) is 18.7. The molecule has 0 aliphatic carbocycles. The fourth-order valence-corrected chi connectivity index (χ4v) is 11.0. The summed E-state index contributed by atoms with van der Waals surface area (Å²) in [4.78, 5) is 2.47. The lowest BCUT2D eigenvalue weighted by atomic mass is 9.72. The quantitative estimate of drug-likeness (QED) is 0.162. The summed E-state index contributed by atoms with van der Waals surface area (Å²) in [6.07, 6.45) is 3.71. The number of hydrogen-bond donors (Lipinski definition) is 2. The van der Waals surface area contributed by atoms with Crippen LogP contribution in [-0.2, 0) is 10.8 Å². The van der Waals surface area contributed by atoms with Crippen molar-refractivity contribution >= 4 is 68.9 Å². The van der Waals surface area contributed by atoms with E-state index in [-0.39, 0.29) is 10.8 Å². The van der Waals surface area contributed by atoms with Crippen molar-refractivity contribution in [2.24, 2.45) is 0 Å². The topological polar surface area (TPSA) is 20.2 Å². The molecule has 9 aromatic carbocycles. The molecule has 4 heteroatoms. The summed E-state index contributed by atoms with van der Waals surface area (Å²) in [7, 11) is 0. The molecule has 0 saturated carbocycles. The zero-order valence-corrected chi connectivity index (χ0v) is 41.6. The Morgan fingerprint density at radius 1 is 0.464 bits per heavy atom. The van der Waals surface area contributed by atoms with Gasteiger partial charge < -0.3 is 14.8 Å². The van der Waals surface area contributed by atoms with Crippen molar-refractivity contribution in [3.8, 4) is 39.1 Å². The van der Waals surface area contributed by atoms with E-state index in [9.17, 15) is 0 Å². The molecule has 340 valence electrons. The molecule has 69 heavy (non-hydrogen) atoms. The molecule has 1 N–H and O–H groups in total. The lowest BCUT2D eigenvalue weighted by Crippen LogP contribution is -2.30. The number of fused-ring (bicyclic) bond motifs is 8. The van der Waals surface area contributed by atoms with Crippen LogP contribution in [0, 0.1) is 0 Å². The van der Waals surface area contributed by atoms with Crippen molar-refractivity contribution in [2.45, 2.75) is 52.4 Å². The number of rotatable bonds is 6. The van der Waals surface area contributed by atoms with Gasteiger partial charge in [0.15, 0.2) is 0 Å². The van der Waals surface area contributed by atoms with Gasteiger partial charge in [0, 0.05) is 44.2 Å². The molecule has 0 spiro atoms. The van der Waals surface area contributed by atoms with Crippen molar-refractivity contribution < 1.29 is 0 Å². The first kappa shape index (κ1) is 45.3. The zero-order valence-electron chi connectivity index (χ0n) is 40.7. The van der Waals surface area contributed by atoms with Gasteiger partial charge in [0.25, 0.3) is 0 Å². The van der Waals surface area contributed by atoms with Crippen LogP contribution in [0.1, 0.15) is 69.4 Å². The molecular formula is C65H59N3S. The number of hydrogen-bond acceptors (Lipinski definition) is 3. The summed E-state index contributed by atoms with van der Waals surface area (Å²) in [6.45, 7) is 17.9. The van der Waals surface area contributed by atoms with Crippen molar-refractivity contribution in [3.05, 3.63) is 235 Å². The van der Waals surface area contributed by atoms with Crippen molar-refractivity contribution in [3.63, 3.8) is 0 Å². The van der Waals surface area contributed by atoms with Gasteiger partial charge in [-0.1, -0.05) is 182 Å². The maximum Gasteiger partial charge on any atom is 0.0603 e. The first-order valence-electron chi connectivity index (χ1n) is 24.2. The second-order valence-electron chi connectivity index (χ2n) is 18.7. The normalized spacial score (nSPS) is 13.6. The van der Waals surface area contributed by atoms with Crippen LogP contribution in [0.2, 0.25) is 0 Å². The number of thiol groups is 1. The SMILES string of the molecule is C=Cc1cc2c3cc(-c4ccc5c(c4)C(C)(C)c4cc(-c6ccccc6)ccc4N5c4ccc(-c5ccccc5)cc4)ccc3n(-c3ccccc3)c2c2c1Nc1ccccc1C2(C)C.CC.CS. The van der Waals surface area contributed by atoms with Crippen LogP contribution in [-0.4, -0.2) is 10.8 Å². The van der Waals surface area contributed by atoms with Crippen LogP contribution in [0.4, 0.5) is 28.4 Å². The summed E-state index contributed by atoms with van der Waals surface area (Å²) in [6, 6.07) is 73.6. The van der Waals surface area contributed by atoms with Gasteiger partial charge in [-0.2, -0.15) is 12.6 Å². The summed E-state index contributed by atoms with van der Waals surface area (Å²) < 4.78 is 2.48. The van der Waals surface area contributed by atoms with E-state index in [2.05, 4.69) is 262 Å². The third-order valence-corrected chi connectivity index (χ3v) is 14.3. The van der Waals surface area contributed by atoms with Crippen LogP contribution in [0.15, 0.2) is 207 Å². The molecule has 0 amide bonds. The Morgan fingerprint density at radius 2 is 0.957 bits per heavy atom. The standard InChI is InChI=1S/C62H49N3.C2H6.CH4S/c1-6-40-36-50-49-37-44(28-33-55(49)65(47-22-14-9-15-23-47)60(50)58-59(40)63-54-25-17-16-24-51(54)62(58,4)5)46-30-35-57-53(39-46)61(2,3)52-38-45(42-20-12-8-13-21-42)29-34-56(52)64(57)48-31-26-43(27-32-48)41-18-10-7-11-19-41;2*1-2/h6-39,63H,1H2,2-5H3;1-2H3;2H,1H3. The van der Waals surface area contributed by atoms with E-state index in [0.29, 0.717) is 0 Å². The van der Waals surface area contributed by atoms with Gasteiger partial charge in [0.1, 0.15) is 0 Å². The number of nitrogens with one attached hydrogen (secondary N) is 1. The van der Waals surface area contributed by atoms with Gasteiger partial charge >= 0.3 is 0 Å². The number of para-hydroxylation sites is 2. The molecule has 10 aromatic rings. The van der Waals surface area contributed by atoms with Crippen LogP contribution < -0.4 is 10.2 Å². The summed E-state index contributed by atoms with van der Waals surface area (Å²) >= 11 is 3.53. The second kappa shape index (κ2) is 18.2. The summed E-state index contributed by atoms with van der Waals surface area (Å²) in [5.74, 6) is 0.